The van der Waals surface area contributed by atoms with Crippen LogP contribution in [0.5, 0.6) is 0 Å². The Kier molecular flexibility index (Phi) is 3.33. The topological polar surface area (TPSA) is 51.0 Å². The number of amides is 1. The van der Waals surface area contributed by atoms with Gasteiger partial charge in [-0.05, 0) is 43.0 Å². The van der Waals surface area contributed by atoms with Gasteiger partial charge in [0.15, 0.2) is 5.65 Å². The van der Waals surface area contributed by atoms with Crippen molar-refractivity contribution < 1.29 is 9.18 Å². The fourth-order valence-corrected chi connectivity index (χ4v) is 3.33. The molecule has 5 nitrogen and oxygen atoms in total. The molecule has 0 atom stereocenters. The van der Waals surface area contributed by atoms with Crippen molar-refractivity contribution in [1.29, 1.82) is 0 Å². The van der Waals surface area contributed by atoms with E-state index >= 15 is 0 Å². The van der Waals surface area contributed by atoms with Crippen LogP contribution in [-0.2, 0) is 13.5 Å². The maximum absolute atomic E-state index is 14.4. The van der Waals surface area contributed by atoms with E-state index in [1.165, 1.54) is 17.2 Å². The van der Waals surface area contributed by atoms with Crippen molar-refractivity contribution in [3.63, 3.8) is 0 Å². The third kappa shape index (κ3) is 2.18. The van der Waals surface area contributed by atoms with Crippen molar-refractivity contribution in [1.82, 2.24) is 14.5 Å². The first-order chi connectivity index (χ1) is 11.6. The molecule has 0 aliphatic carbocycles. The Balaban J connectivity index is 1.79. The molecule has 122 valence electrons. The number of rotatable bonds is 1. The van der Waals surface area contributed by atoms with Crippen LogP contribution in [0.4, 0.5) is 10.1 Å². The minimum Gasteiger partial charge on any atom is -0.318 e. The normalized spacial score (nSPS) is 14.0. The van der Waals surface area contributed by atoms with E-state index in [1.807, 2.05) is 14.0 Å². The van der Waals surface area contributed by atoms with E-state index in [0.29, 0.717) is 29.0 Å². The second-order valence-electron chi connectivity index (χ2n) is 6.17. The van der Waals surface area contributed by atoms with Gasteiger partial charge in [-0.15, -0.1) is 0 Å². The third-order valence-electron chi connectivity index (χ3n) is 4.59. The number of hydrogen-bond donors (Lipinski definition) is 0. The molecule has 0 unspecified atom stereocenters. The molecule has 0 spiro atoms. The summed E-state index contributed by atoms with van der Waals surface area (Å²) in [5.41, 5.74) is 4.14. The summed E-state index contributed by atoms with van der Waals surface area (Å²) in [6.45, 7) is 2.46. The van der Waals surface area contributed by atoms with Gasteiger partial charge in [0.1, 0.15) is 11.3 Å². The van der Waals surface area contributed by atoms with Crippen molar-refractivity contribution in [2.24, 2.45) is 7.05 Å². The first-order valence-corrected chi connectivity index (χ1v) is 7.93. The molecule has 6 heteroatoms. The van der Waals surface area contributed by atoms with Crippen molar-refractivity contribution in [2.45, 2.75) is 19.8 Å². The summed E-state index contributed by atoms with van der Waals surface area (Å²) >= 11 is 0. The highest BCUT2D eigenvalue weighted by atomic mass is 19.1. The Morgan fingerprint density at radius 3 is 2.96 bits per heavy atom. The lowest BCUT2D eigenvalue weighted by Gasteiger charge is -2.30. The van der Waals surface area contributed by atoms with E-state index in [9.17, 15) is 9.18 Å². The largest absolute Gasteiger partial charge is 0.318 e. The highest BCUT2D eigenvalue weighted by molar-refractivity contribution is 6.07. The van der Waals surface area contributed by atoms with Crippen LogP contribution >= 0.6 is 0 Å². The van der Waals surface area contributed by atoms with Crippen molar-refractivity contribution in [2.75, 3.05) is 11.4 Å². The van der Waals surface area contributed by atoms with Crippen LogP contribution in [-0.4, -0.2) is 27.0 Å². The van der Waals surface area contributed by atoms with E-state index < -0.39 is 0 Å². The molecule has 0 saturated carbocycles. The molecule has 0 bridgehead atoms. The second-order valence-corrected chi connectivity index (χ2v) is 6.17. The maximum atomic E-state index is 14.4. The maximum Gasteiger partial charge on any atom is 0.260 e. The minimum absolute atomic E-state index is 0.236. The summed E-state index contributed by atoms with van der Waals surface area (Å²) in [4.78, 5) is 23.0. The molecule has 3 heterocycles. The summed E-state index contributed by atoms with van der Waals surface area (Å²) in [6.07, 6.45) is 4.81. The summed E-state index contributed by atoms with van der Waals surface area (Å²) in [7, 11) is 1.85. The number of fused-ring (bicyclic) bond motifs is 2. The molecule has 1 aromatic carbocycles. The van der Waals surface area contributed by atoms with E-state index in [4.69, 9.17) is 0 Å². The number of halogens is 1. The predicted molar refractivity (Wildman–Crippen MR) is 89.6 cm³/mol. The Bertz CT molecular complexity index is 963. The van der Waals surface area contributed by atoms with Crippen LogP contribution in [0, 0.1) is 12.7 Å². The molecule has 2 aromatic heterocycles. The van der Waals surface area contributed by atoms with E-state index in [-0.39, 0.29) is 11.7 Å². The first kappa shape index (κ1) is 14.8. The van der Waals surface area contributed by atoms with Crippen LogP contribution in [0.1, 0.15) is 27.9 Å². The number of carbonyl (C=O) groups excluding carboxylic acids is 1. The van der Waals surface area contributed by atoms with Gasteiger partial charge >= 0.3 is 0 Å². The lowest BCUT2D eigenvalue weighted by atomic mass is 9.96. The first-order valence-electron chi connectivity index (χ1n) is 7.93. The van der Waals surface area contributed by atoms with Gasteiger partial charge < -0.3 is 9.47 Å². The van der Waals surface area contributed by atoms with Crippen LogP contribution in [0.15, 0.2) is 30.7 Å². The molecular weight excluding hydrogens is 307 g/mol. The molecule has 1 aliphatic heterocycles. The Morgan fingerprint density at radius 1 is 1.29 bits per heavy atom. The number of pyridine rings is 1. The number of aryl methyl sites for hydroxylation is 2. The van der Waals surface area contributed by atoms with Gasteiger partial charge in [-0.3, -0.25) is 4.79 Å². The summed E-state index contributed by atoms with van der Waals surface area (Å²) < 4.78 is 16.2. The lowest BCUT2D eigenvalue weighted by Crippen LogP contribution is -2.36. The number of carbonyl (C=O) groups is 1. The Hall–Kier alpha value is -2.76. The zero-order chi connectivity index (χ0) is 16.8. The van der Waals surface area contributed by atoms with Gasteiger partial charge in [0.25, 0.3) is 5.91 Å². The van der Waals surface area contributed by atoms with E-state index in [2.05, 4.69) is 9.97 Å². The average Bonchev–Trinajstić information content (AvgIpc) is 2.98. The number of nitrogens with zero attached hydrogens (tertiary/aromatic N) is 4. The highest BCUT2D eigenvalue weighted by Crippen LogP contribution is 2.33. The zero-order valence-corrected chi connectivity index (χ0v) is 13.6. The fraction of sp³-hybridized carbons (Fsp3) is 0.278. The van der Waals surface area contributed by atoms with Crippen molar-refractivity contribution >= 4 is 22.8 Å². The van der Waals surface area contributed by atoms with Gasteiger partial charge in [0.05, 0.1) is 17.6 Å². The van der Waals surface area contributed by atoms with Gasteiger partial charge in [-0.2, -0.15) is 0 Å². The number of anilines is 1. The smallest absolute Gasteiger partial charge is 0.260 e. The number of imidazole rings is 1. The van der Waals surface area contributed by atoms with E-state index in [0.717, 1.165) is 24.0 Å². The summed E-state index contributed by atoms with van der Waals surface area (Å²) in [6, 6.07) is 4.91. The minimum atomic E-state index is -0.351. The van der Waals surface area contributed by atoms with Crippen molar-refractivity contribution in [3.8, 4) is 0 Å². The fourth-order valence-electron chi connectivity index (χ4n) is 3.33. The van der Waals surface area contributed by atoms with Gasteiger partial charge in [0, 0.05) is 19.8 Å². The van der Waals surface area contributed by atoms with Crippen molar-refractivity contribution in [3.05, 3.63) is 53.2 Å². The van der Waals surface area contributed by atoms with Crippen LogP contribution in [0.25, 0.3) is 11.2 Å². The monoisotopic (exact) mass is 324 g/mol. The number of hydrogen-bond acceptors (Lipinski definition) is 3. The predicted octanol–water partition coefficient (Wildman–Crippen LogP) is 3.01. The summed E-state index contributed by atoms with van der Waals surface area (Å²) in [5, 5.41) is 0. The Morgan fingerprint density at radius 2 is 2.12 bits per heavy atom. The van der Waals surface area contributed by atoms with Crippen LogP contribution in [0.2, 0.25) is 0 Å². The quantitative estimate of drug-likeness (QED) is 0.691. The molecular formula is C18H17FN4O. The standard InChI is InChI=1S/C18H17FN4O/c1-11-5-6-14(19)16-13(11)4-3-7-23(16)18(24)12-8-15-17(20-9-12)22(2)10-21-15/h5-6,8-10H,3-4,7H2,1-2H3. The molecule has 4 rings (SSSR count). The van der Waals surface area contributed by atoms with E-state index in [1.54, 1.807) is 23.0 Å². The van der Waals surface area contributed by atoms with Crippen LogP contribution in [0.3, 0.4) is 0 Å². The average molecular weight is 324 g/mol. The number of aromatic nitrogens is 3. The lowest BCUT2D eigenvalue weighted by molar-refractivity contribution is 0.0984. The van der Waals surface area contributed by atoms with Crippen LogP contribution < -0.4 is 4.90 Å². The number of benzene rings is 1. The molecule has 0 N–H and O–H groups in total. The molecule has 3 aromatic rings. The van der Waals surface area contributed by atoms with Gasteiger partial charge in [-0.1, -0.05) is 6.07 Å². The SMILES string of the molecule is Cc1ccc(F)c2c1CCCN2C(=O)c1cnc2c(c1)ncn2C. The second kappa shape index (κ2) is 5.40. The van der Waals surface area contributed by atoms with Gasteiger partial charge in [-0.25, -0.2) is 14.4 Å². The summed E-state index contributed by atoms with van der Waals surface area (Å²) in [5.74, 6) is -0.587. The van der Waals surface area contributed by atoms with Gasteiger partial charge in [0.2, 0.25) is 0 Å². The Labute approximate surface area is 138 Å². The third-order valence-corrected chi connectivity index (χ3v) is 4.59. The molecule has 1 aliphatic rings. The molecule has 24 heavy (non-hydrogen) atoms. The molecule has 0 fully saturated rings. The molecule has 1 amide bonds. The molecule has 0 radical (unpaired) electrons. The molecule has 0 saturated heterocycles. The highest BCUT2D eigenvalue weighted by Gasteiger charge is 2.28. The zero-order valence-electron chi connectivity index (χ0n) is 13.6.